The molecule has 6 aromatic rings. The first-order valence-corrected chi connectivity index (χ1v) is 19.6. The zero-order valence-corrected chi connectivity index (χ0v) is 34.3. The van der Waals surface area contributed by atoms with E-state index >= 15 is 0 Å². The van der Waals surface area contributed by atoms with Crippen LogP contribution < -0.4 is 4.90 Å². The maximum absolute atomic E-state index is 2.33. The van der Waals surface area contributed by atoms with Gasteiger partial charge in [0.2, 0.25) is 0 Å². The quantitative estimate of drug-likeness (QED) is 0.135. The molecule has 0 aliphatic rings. The van der Waals surface area contributed by atoms with Gasteiger partial charge in [-0.25, -0.2) is 0 Å². The molecule has 6 rings (SSSR count). The second-order valence-corrected chi connectivity index (χ2v) is 17.7. The van der Waals surface area contributed by atoms with Gasteiger partial charge in [0, 0.05) is 17.1 Å². The Morgan fingerprint density at radius 3 is 0.582 bits per heavy atom. The Bertz CT molecular complexity index is 1960. The summed E-state index contributed by atoms with van der Waals surface area (Å²) in [4.78, 5) is 2.33. The lowest BCUT2D eigenvalue weighted by Crippen LogP contribution is -2.10. The van der Waals surface area contributed by atoms with Crippen LogP contribution in [0.15, 0.2) is 146 Å². The van der Waals surface area contributed by atoms with E-state index in [0.717, 1.165) is 33.8 Å². The van der Waals surface area contributed by atoms with Crippen LogP contribution in [0.5, 0.6) is 0 Å². The van der Waals surface area contributed by atoms with Crippen molar-refractivity contribution < 1.29 is 0 Å². The Balaban J connectivity index is 1.24. The first kappa shape index (κ1) is 39.0. The maximum atomic E-state index is 2.33. The van der Waals surface area contributed by atoms with Gasteiger partial charge in [0.05, 0.1) is 0 Å². The zero-order valence-electron chi connectivity index (χ0n) is 34.3. The standard InChI is InChI=1S/C54H57N/c1-52(2,3)46-28-16-40(17-29-46)10-13-43-22-34-49(35-23-43)55(50-36-24-44(25-37-50)14-11-41-18-30-47(31-19-41)53(4,5)6)51-38-26-45(27-39-51)15-12-42-20-32-48(33-21-42)54(7,8)9/h10-39H,1-9H3/b13-10+,14-11+,15-12+. The van der Waals surface area contributed by atoms with Crippen LogP contribution >= 0.6 is 0 Å². The summed E-state index contributed by atoms with van der Waals surface area (Å²) in [5.74, 6) is 0. The Morgan fingerprint density at radius 2 is 0.418 bits per heavy atom. The largest absolute Gasteiger partial charge is 0.311 e. The van der Waals surface area contributed by atoms with Crippen LogP contribution in [0.3, 0.4) is 0 Å². The molecule has 55 heavy (non-hydrogen) atoms. The molecule has 0 radical (unpaired) electrons. The van der Waals surface area contributed by atoms with Crippen molar-refractivity contribution in [3.8, 4) is 0 Å². The third-order valence-corrected chi connectivity index (χ3v) is 10.2. The fourth-order valence-corrected chi connectivity index (χ4v) is 6.51. The van der Waals surface area contributed by atoms with Crippen molar-refractivity contribution in [1.82, 2.24) is 0 Å². The first-order chi connectivity index (χ1) is 26.1. The topological polar surface area (TPSA) is 3.24 Å². The molecule has 0 saturated heterocycles. The van der Waals surface area contributed by atoms with Crippen LogP contribution in [0.2, 0.25) is 0 Å². The van der Waals surface area contributed by atoms with E-state index < -0.39 is 0 Å². The van der Waals surface area contributed by atoms with Gasteiger partial charge in [-0.3, -0.25) is 0 Å². The lowest BCUT2D eigenvalue weighted by Gasteiger charge is -2.26. The predicted octanol–water partition coefficient (Wildman–Crippen LogP) is 15.6. The Hall–Kier alpha value is -5.66. The highest BCUT2D eigenvalue weighted by Gasteiger charge is 2.15. The van der Waals surface area contributed by atoms with Crippen molar-refractivity contribution in [2.24, 2.45) is 0 Å². The highest BCUT2D eigenvalue weighted by atomic mass is 15.1. The highest BCUT2D eigenvalue weighted by molar-refractivity contribution is 5.80. The molecule has 0 bridgehead atoms. The zero-order chi connectivity index (χ0) is 39.2. The van der Waals surface area contributed by atoms with E-state index in [4.69, 9.17) is 0 Å². The summed E-state index contributed by atoms with van der Waals surface area (Å²) in [6.45, 7) is 20.3. The van der Waals surface area contributed by atoms with Gasteiger partial charge >= 0.3 is 0 Å². The fourth-order valence-electron chi connectivity index (χ4n) is 6.51. The molecule has 1 nitrogen and oxygen atoms in total. The fraction of sp³-hybridized carbons (Fsp3) is 0.222. The number of hydrogen-bond donors (Lipinski definition) is 0. The molecule has 278 valence electrons. The highest BCUT2D eigenvalue weighted by Crippen LogP contribution is 2.36. The van der Waals surface area contributed by atoms with E-state index in [1.165, 1.54) is 33.4 Å². The third kappa shape index (κ3) is 10.5. The van der Waals surface area contributed by atoms with E-state index in [0.29, 0.717) is 0 Å². The normalized spacial score (nSPS) is 12.6. The number of rotatable bonds is 9. The summed E-state index contributed by atoms with van der Waals surface area (Å²) in [5.41, 5.74) is 14.9. The van der Waals surface area contributed by atoms with Crippen molar-refractivity contribution in [2.45, 2.75) is 78.6 Å². The molecule has 0 aliphatic heterocycles. The summed E-state index contributed by atoms with van der Waals surface area (Å²) in [6, 6.07) is 53.1. The average Bonchev–Trinajstić information content (AvgIpc) is 3.16. The molecule has 0 aliphatic carbocycles. The molecule has 0 saturated carbocycles. The Labute approximate surface area is 331 Å². The lowest BCUT2D eigenvalue weighted by molar-refractivity contribution is 0.590. The van der Waals surface area contributed by atoms with Crippen LogP contribution in [-0.2, 0) is 16.2 Å². The first-order valence-electron chi connectivity index (χ1n) is 19.6. The number of benzene rings is 6. The van der Waals surface area contributed by atoms with Gasteiger partial charge in [-0.15, -0.1) is 0 Å². The van der Waals surface area contributed by atoms with Gasteiger partial charge in [0.1, 0.15) is 0 Å². The Morgan fingerprint density at radius 1 is 0.255 bits per heavy atom. The van der Waals surface area contributed by atoms with Crippen LogP contribution in [0, 0.1) is 0 Å². The minimum atomic E-state index is 0.149. The SMILES string of the molecule is CC(C)(C)c1ccc(/C=C/c2ccc(N(c3ccc(/C=C/c4ccc(C(C)(C)C)cc4)cc3)c3ccc(/C=C/c4ccc(C(C)(C)C)cc4)cc3)cc2)cc1. The van der Waals surface area contributed by atoms with E-state index in [1.54, 1.807) is 0 Å². The summed E-state index contributed by atoms with van der Waals surface area (Å²) < 4.78 is 0. The molecule has 1 heteroatoms. The smallest absolute Gasteiger partial charge is 0.0462 e. The number of hydrogen-bond acceptors (Lipinski definition) is 1. The number of nitrogens with zero attached hydrogens (tertiary/aromatic N) is 1. The summed E-state index contributed by atoms with van der Waals surface area (Å²) >= 11 is 0. The van der Waals surface area contributed by atoms with E-state index in [2.05, 4.69) is 249 Å². The van der Waals surface area contributed by atoms with Gasteiger partial charge in [-0.05, 0) is 103 Å². The molecular formula is C54H57N. The molecule has 0 unspecified atom stereocenters. The summed E-state index contributed by atoms with van der Waals surface area (Å²) in [5, 5.41) is 0. The van der Waals surface area contributed by atoms with Crippen LogP contribution in [0.25, 0.3) is 36.5 Å². The molecular weight excluding hydrogens is 663 g/mol. The number of anilines is 3. The van der Waals surface area contributed by atoms with E-state index in [9.17, 15) is 0 Å². The lowest BCUT2D eigenvalue weighted by atomic mass is 9.87. The van der Waals surface area contributed by atoms with Gasteiger partial charge in [-0.1, -0.05) is 208 Å². The molecule has 0 N–H and O–H groups in total. The monoisotopic (exact) mass is 719 g/mol. The molecule has 0 atom stereocenters. The van der Waals surface area contributed by atoms with Gasteiger partial charge in [0.15, 0.2) is 0 Å². The maximum Gasteiger partial charge on any atom is 0.0462 e. The summed E-state index contributed by atoms with van der Waals surface area (Å²) in [6.07, 6.45) is 13.1. The van der Waals surface area contributed by atoms with Crippen molar-refractivity contribution in [1.29, 1.82) is 0 Å². The molecule has 0 spiro atoms. The minimum absolute atomic E-state index is 0.149. The van der Waals surface area contributed by atoms with Crippen LogP contribution in [0.4, 0.5) is 17.1 Å². The van der Waals surface area contributed by atoms with Crippen LogP contribution in [0.1, 0.15) is 112 Å². The Kier molecular flexibility index (Phi) is 11.6. The second kappa shape index (κ2) is 16.4. The van der Waals surface area contributed by atoms with Crippen molar-refractivity contribution in [3.63, 3.8) is 0 Å². The predicted molar refractivity (Wildman–Crippen MR) is 243 cm³/mol. The molecule has 6 aromatic carbocycles. The molecule has 0 fully saturated rings. The van der Waals surface area contributed by atoms with Gasteiger partial charge in [-0.2, -0.15) is 0 Å². The second-order valence-electron chi connectivity index (χ2n) is 17.7. The van der Waals surface area contributed by atoms with Crippen molar-refractivity contribution in [3.05, 3.63) is 196 Å². The minimum Gasteiger partial charge on any atom is -0.311 e. The summed E-state index contributed by atoms with van der Waals surface area (Å²) in [7, 11) is 0. The van der Waals surface area contributed by atoms with Gasteiger partial charge < -0.3 is 4.90 Å². The van der Waals surface area contributed by atoms with E-state index in [-0.39, 0.29) is 16.2 Å². The molecule has 0 aromatic heterocycles. The average molecular weight is 720 g/mol. The molecule has 0 heterocycles. The van der Waals surface area contributed by atoms with E-state index in [1.807, 2.05) is 0 Å². The van der Waals surface area contributed by atoms with Crippen LogP contribution in [-0.4, -0.2) is 0 Å². The van der Waals surface area contributed by atoms with Crippen molar-refractivity contribution >= 4 is 53.5 Å². The molecule has 0 amide bonds. The van der Waals surface area contributed by atoms with Crippen molar-refractivity contribution in [2.75, 3.05) is 4.90 Å². The third-order valence-electron chi connectivity index (χ3n) is 10.2. The van der Waals surface area contributed by atoms with Gasteiger partial charge in [0.25, 0.3) is 0 Å².